The highest BCUT2D eigenvalue weighted by atomic mass is 16.2. The molecule has 1 N–H and O–H groups in total. The number of anilines is 1. The topological polar surface area (TPSA) is 70.5 Å². The van der Waals surface area contributed by atoms with E-state index >= 15 is 0 Å². The highest BCUT2D eigenvalue weighted by Crippen LogP contribution is 2.16. The quantitative estimate of drug-likeness (QED) is 0.875. The molecule has 2 amide bonds. The lowest BCUT2D eigenvalue weighted by molar-refractivity contribution is 0.193. The first-order valence-corrected chi connectivity index (χ1v) is 9.78. The second-order valence-electron chi connectivity index (χ2n) is 7.36. The summed E-state index contributed by atoms with van der Waals surface area (Å²) in [5.41, 5.74) is 1.62. The zero-order valence-electron chi connectivity index (χ0n) is 16.4. The summed E-state index contributed by atoms with van der Waals surface area (Å²) in [5.74, 6) is 1.05. The number of nitrogens with zero attached hydrogens (tertiary/aromatic N) is 4. The van der Waals surface area contributed by atoms with E-state index in [1.54, 1.807) is 4.57 Å². The molecule has 2 heterocycles. The molecule has 1 saturated heterocycles. The van der Waals surface area contributed by atoms with E-state index in [9.17, 15) is 9.59 Å². The lowest BCUT2D eigenvalue weighted by Gasteiger charge is -2.35. The zero-order chi connectivity index (χ0) is 19.4. The van der Waals surface area contributed by atoms with Crippen LogP contribution in [0.1, 0.15) is 27.2 Å². The Balaban J connectivity index is 1.70. The molecule has 0 atom stereocenters. The van der Waals surface area contributed by atoms with Gasteiger partial charge in [-0.1, -0.05) is 26.0 Å². The molecule has 27 heavy (non-hydrogen) atoms. The summed E-state index contributed by atoms with van der Waals surface area (Å²) in [6.45, 7) is 9.97. The minimum Gasteiger partial charge on any atom is -0.348 e. The maximum absolute atomic E-state index is 12.9. The molecule has 3 rings (SSSR count). The normalized spacial score (nSPS) is 14.8. The molecule has 1 aromatic heterocycles. The third-order valence-corrected chi connectivity index (χ3v) is 5.02. The molecule has 0 radical (unpaired) electrons. The number of hydrogen-bond donors (Lipinski definition) is 1. The lowest BCUT2D eigenvalue weighted by Crippen LogP contribution is -2.53. The Morgan fingerprint density at radius 1 is 1.19 bits per heavy atom. The second kappa shape index (κ2) is 8.41. The van der Waals surface area contributed by atoms with Gasteiger partial charge >= 0.3 is 6.03 Å². The SMILES string of the molecule is CCn1c(=O)c(N2CCN(C(=O)NCCC(C)C)CC2)nc2ccccc21. The smallest absolute Gasteiger partial charge is 0.317 e. The zero-order valence-corrected chi connectivity index (χ0v) is 16.4. The van der Waals surface area contributed by atoms with Crippen molar-refractivity contribution in [1.29, 1.82) is 0 Å². The van der Waals surface area contributed by atoms with Gasteiger partial charge in [0.15, 0.2) is 5.82 Å². The van der Waals surface area contributed by atoms with E-state index in [1.165, 1.54) is 0 Å². The van der Waals surface area contributed by atoms with E-state index in [0.29, 0.717) is 51.0 Å². The van der Waals surface area contributed by atoms with Crippen LogP contribution in [0.4, 0.5) is 10.6 Å². The van der Waals surface area contributed by atoms with Crippen molar-refractivity contribution in [2.45, 2.75) is 33.7 Å². The Morgan fingerprint density at radius 2 is 1.89 bits per heavy atom. The van der Waals surface area contributed by atoms with Crippen molar-refractivity contribution in [3.05, 3.63) is 34.6 Å². The van der Waals surface area contributed by atoms with Gasteiger partial charge in [0.1, 0.15) is 0 Å². The molecule has 0 spiro atoms. The largest absolute Gasteiger partial charge is 0.348 e. The van der Waals surface area contributed by atoms with Crippen LogP contribution in [0.3, 0.4) is 0 Å². The van der Waals surface area contributed by atoms with Crippen LogP contribution < -0.4 is 15.8 Å². The maximum atomic E-state index is 12.9. The number of urea groups is 1. The van der Waals surface area contributed by atoms with Crippen molar-refractivity contribution in [3.63, 3.8) is 0 Å². The second-order valence-corrected chi connectivity index (χ2v) is 7.36. The summed E-state index contributed by atoms with van der Waals surface area (Å²) in [5, 5.41) is 2.98. The van der Waals surface area contributed by atoms with Crippen molar-refractivity contribution in [3.8, 4) is 0 Å². The molecule has 0 saturated carbocycles. The molecule has 0 unspecified atom stereocenters. The number of amides is 2. The molecule has 0 bridgehead atoms. The number of rotatable bonds is 5. The number of aromatic nitrogens is 2. The molecule has 7 nitrogen and oxygen atoms in total. The summed E-state index contributed by atoms with van der Waals surface area (Å²) < 4.78 is 1.77. The molecule has 146 valence electrons. The molecule has 1 aromatic carbocycles. The minimum absolute atomic E-state index is 0.0206. The fourth-order valence-electron chi connectivity index (χ4n) is 3.40. The lowest BCUT2D eigenvalue weighted by atomic mass is 10.1. The first-order valence-electron chi connectivity index (χ1n) is 9.78. The highest BCUT2D eigenvalue weighted by Gasteiger charge is 2.24. The summed E-state index contributed by atoms with van der Waals surface area (Å²) in [7, 11) is 0. The van der Waals surface area contributed by atoms with Crippen molar-refractivity contribution in [2.75, 3.05) is 37.6 Å². The van der Waals surface area contributed by atoms with Gasteiger partial charge in [0.2, 0.25) is 0 Å². The Kier molecular flexibility index (Phi) is 5.98. The third kappa shape index (κ3) is 4.23. The van der Waals surface area contributed by atoms with Gasteiger partial charge in [0.25, 0.3) is 5.56 Å². The molecule has 1 fully saturated rings. The fourth-order valence-corrected chi connectivity index (χ4v) is 3.40. The Morgan fingerprint density at radius 3 is 2.56 bits per heavy atom. The first-order chi connectivity index (χ1) is 13.0. The van der Waals surface area contributed by atoms with Crippen LogP contribution in [0, 0.1) is 5.92 Å². The van der Waals surface area contributed by atoms with Crippen LogP contribution in [-0.2, 0) is 6.54 Å². The van der Waals surface area contributed by atoms with Crippen LogP contribution in [0.2, 0.25) is 0 Å². The van der Waals surface area contributed by atoms with E-state index in [-0.39, 0.29) is 11.6 Å². The number of para-hydroxylation sites is 2. The molecule has 1 aliphatic heterocycles. The van der Waals surface area contributed by atoms with Crippen LogP contribution in [0.15, 0.2) is 29.1 Å². The average molecular weight is 371 g/mol. The highest BCUT2D eigenvalue weighted by molar-refractivity contribution is 5.77. The van der Waals surface area contributed by atoms with Crippen molar-refractivity contribution < 1.29 is 4.79 Å². The van der Waals surface area contributed by atoms with Crippen molar-refractivity contribution >= 4 is 22.9 Å². The molecule has 1 aliphatic rings. The third-order valence-electron chi connectivity index (χ3n) is 5.02. The molecular weight excluding hydrogens is 342 g/mol. The van der Waals surface area contributed by atoms with Gasteiger partial charge in [-0.25, -0.2) is 9.78 Å². The number of carbonyl (C=O) groups excluding carboxylic acids is 1. The van der Waals surface area contributed by atoms with Gasteiger partial charge in [-0.2, -0.15) is 0 Å². The van der Waals surface area contributed by atoms with E-state index in [4.69, 9.17) is 0 Å². The molecule has 7 heteroatoms. The number of aryl methyl sites for hydroxylation is 1. The summed E-state index contributed by atoms with van der Waals surface area (Å²) >= 11 is 0. The molecule has 0 aliphatic carbocycles. The van der Waals surface area contributed by atoms with Gasteiger partial charge in [-0.3, -0.25) is 4.79 Å². The van der Waals surface area contributed by atoms with Gasteiger partial charge in [0, 0.05) is 39.3 Å². The number of benzene rings is 1. The monoisotopic (exact) mass is 371 g/mol. The average Bonchev–Trinajstić information content (AvgIpc) is 2.67. The Bertz CT molecular complexity index is 853. The van der Waals surface area contributed by atoms with Gasteiger partial charge in [-0.15, -0.1) is 0 Å². The Hall–Kier alpha value is -2.57. The number of carbonyl (C=O) groups is 1. The van der Waals surface area contributed by atoms with Crippen LogP contribution in [0.25, 0.3) is 11.0 Å². The van der Waals surface area contributed by atoms with Gasteiger partial charge in [-0.05, 0) is 31.4 Å². The Labute approximate surface area is 160 Å². The van der Waals surface area contributed by atoms with Crippen LogP contribution in [0.5, 0.6) is 0 Å². The number of fused-ring (bicyclic) bond motifs is 1. The van der Waals surface area contributed by atoms with E-state index < -0.39 is 0 Å². The first kappa shape index (κ1) is 19.2. The summed E-state index contributed by atoms with van der Waals surface area (Å²) in [6, 6.07) is 7.70. The van der Waals surface area contributed by atoms with Gasteiger partial charge < -0.3 is 19.7 Å². The van der Waals surface area contributed by atoms with Crippen LogP contribution in [-0.4, -0.2) is 53.2 Å². The maximum Gasteiger partial charge on any atom is 0.317 e. The minimum atomic E-state index is -0.0639. The van der Waals surface area contributed by atoms with Crippen molar-refractivity contribution in [2.24, 2.45) is 5.92 Å². The van der Waals surface area contributed by atoms with E-state index in [1.807, 2.05) is 41.0 Å². The predicted molar refractivity (Wildman–Crippen MR) is 108 cm³/mol. The van der Waals surface area contributed by atoms with E-state index in [0.717, 1.165) is 17.5 Å². The van der Waals surface area contributed by atoms with Crippen LogP contribution >= 0.6 is 0 Å². The number of nitrogens with one attached hydrogen (secondary N) is 1. The van der Waals surface area contributed by atoms with Crippen molar-refractivity contribution in [1.82, 2.24) is 19.8 Å². The number of hydrogen-bond acceptors (Lipinski definition) is 4. The predicted octanol–water partition coefficient (Wildman–Crippen LogP) is 2.29. The van der Waals surface area contributed by atoms with E-state index in [2.05, 4.69) is 24.1 Å². The molecular formula is C20H29N5O2. The van der Waals surface area contributed by atoms with Gasteiger partial charge in [0.05, 0.1) is 11.0 Å². The standard InChI is InChI=1S/C20H29N5O2/c1-4-25-17-8-6-5-7-16(17)22-18(19(25)26)23-11-13-24(14-12-23)20(27)21-10-9-15(2)3/h5-8,15H,4,9-14H2,1-3H3,(H,21,27). The summed E-state index contributed by atoms with van der Waals surface area (Å²) in [6.07, 6.45) is 0.975. The molecule has 2 aromatic rings. The fraction of sp³-hybridized carbons (Fsp3) is 0.550. The summed E-state index contributed by atoms with van der Waals surface area (Å²) in [4.78, 5) is 33.6. The number of piperazine rings is 1.